The molecule has 0 aliphatic rings. The molecule has 2 aromatic rings. The summed E-state index contributed by atoms with van der Waals surface area (Å²) in [7, 11) is 0. The SMILES string of the molecule is CC(C)=CC(c1cnccn1)c1cc(C#N)ccc1O. The lowest BCUT2D eigenvalue weighted by Crippen LogP contribution is -2.03. The Morgan fingerprint density at radius 3 is 2.75 bits per heavy atom. The summed E-state index contributed by atoms with van der Waals surface area (Å²) in [5.41, 5.74) is 3.00. The molecule has 1 N–H and O–H groups in total. The summed E-state index contributed by atoms with van der Waals surface area (Å²) in [6.45, 7) is 3.96. The first-order chi connectivity index (χ1) is 9.61. The Bertz CT molecular complexity index is 668. The molecule has 1 aromatic heterocycles. The van der Waals surface area contributed by atoms with Crippen molar-refractivity contribution < 1.29 is 5.11 Å². The van der Waals surface area contributed by atoms with E-state index in [-0.39, 0.29) is 11.7 Å². The molecule has 1 aromatic carbocycles. The van der Waals surface area contributed by atoms with Crippen molar-refractivity contribution in [3.63, 3.8) is 0 Å². The van der Waals surface area contributed by atoms with E-state index in [9.17, 15) is 5.11 Å². The van der Waals surface area contributed by atoms with Gasteiger partial charge in [0.1, 0.15) is 5.75 Å². The average Bonchev–Trinajstić information content (AvgIpc) is 2.46. The van der Waals surface area contributed by atoms with Gasteiger partial charge in [-0.2, -0.15) is 5.26 Å². The number of phenolic OH excluding ortho intramolecular Hbond substituents is 1. The summed E-state index contributed by atoms with van der Waals surface area (Å²) < 4.78 is 0. The molecule has 4 nitrogen and oxygen atoms in total. The summed E-state index contributed by atoms with van der Waals surface area (Å²) in [4.78, 5) is 8.38. The fourth-order valence-corrected chi connectivity index (χ4v) is 2.01. The molecule has 0 saturated carbocycles. The van der Waals surface area contributed by atoms with Crippen molar-refractivity contribution in [2.75, 3.05) is 0 Å². The molecule has 0 bridgehead atoms. The zero-order valence-corrected chi connectivity index (χ0v) is 11.4. The first-order valence-electron chi connectivity index (χ1n) is 6.25. The van der Waals surface area contributed by atoms with Crippen LogP contribution in [-0.4, -0.2) is 15.1 Å². The maximum atomic E-state index is 10.1. The molecule has 0 spiro atoms. The van der Waals surface area contributed by atoms with Crippen molar-refractivity contribution in [3.8, 4) is 11.8 Å². The number of rotatable bonds is 3. The van der Waals surface area contributed by atoms with Crippen LogP contribution in [0.3, 0.4) is 0 Å². The first-order valence-corrected chi connectivity index (χ1v) is 6.25. The van der Waals surface area contributed by atoms with E-state index >= 15 is 0 Å². The van der Waals surface area contributed by atoms with Crippen LogP contribution < -0.4 is 0 Å². The quantitative estimate of drug-likeness (QED) is 0.865. The van der Waals surface area contributed by atoms with Crippen molar-refractivity contribution in [2.24, 2.45) is 0 Å². The van der Waals surface area contributed by atoms with E-state index in [1.165, 1.54) is 6.07 Å². The van der Waals surface area contributed by atoms with Crippen molar-refractivity contribution in [2.45, 2.75) is 19.8 Å². The Morgan fingerprint density at radius 1 is 1.35 bits per heavy atom. The van der Waals surface area contributed by atoms with Gasteiger partial charge in [0.05, 0.1) is 17.3 Å². The number of aromatic hydroxyl groups is 1. The number of aromatic nitrogens is 2. The fourth-order valence-electron chi connectivity index (χ4n) is 2.01. The maximum absolute atomic E-state index is 10.1. The highest BCUT2D eigenvalue weighted by Gasteiger charge is 2.17. The van der Waals surface area contributed by atoms with Crippen LogP contribution in [0.4, 0.5) is 0 Å². The average molecular weight is 265 g/mol. The van der Waals surface area contributed by atoms with Crippen LogP contribution in [0, 0.1) is 11.3 Å². The molecular formula is C16H15N3O. The van der Waals surface area contributed by atoms with Crippen LogP contribution >= 0.6 is 0 Å². The zero-order valence-electron chi connectivity index (χ0n) is 11.4. The molecule has 0 radical (unpaired) electrons. The van der Waals surface area contributed by atoms with E-state index in [2.05, 4.69) is 16.0 Å². The third-order valence-electron chi connectivity index (χ3n) is 2.89. The first kappa shape index (κ1) is 13.8. The third kappa shape index (κ3) is 3.01. The summed E-state index contributed by atoms with van der Waals surface area (Å²) >= 11 is 0. The van der Waals surface area contributed by atoms with E-state index in [0.29, 0.717) is 11.1 Å². The Morgan fingerprint density at radius 2 is 2.15 bits per heavy atom. The fraction of sp³-hybridized carbons (Fsp3) is 0.188. The van der Waals surface area contributed by atoms with Gasteiger partial charge in [-0.05, 0) is 32.0 Å². The molecular weight excluding hydrogens is 250 g/mol. The molecule has 1 unspecified atom stereocenters. The minimum atomic E-state index is -0.220. The van der Waals surface area contributed by atoms with E-state index in [1.807, 2.05) is 19.9 Å². The summed E-state index contributed by atoms with van der Waals surface area (Å²) in [6.07, 6.45) is 6.89. The van der Waals surface area contributed by atoms with Crippen molar-refractivity contribution >= 4 is 0 Å². The Balaban J connectivity index is 2.59. The van der Waals surface area contributed by atoms with Gasteiger partial charge in [-0.15, -0.1) is 0 Å². The molecule has 100 valence electrons. The van der Waals surface area contributed by atoms with Crippen LogP contribution in [0.1, 0.15) is 36.6 Å². The summed E-state index contributed by atoms with van der Waals surface area (Å²) in [5, 5.41) is 19.1. The molecule has 1 atom stereocenters. The van der Waals surface area contributed by atoms with Gasteiger partial charge in [0.25, 0.3) is 0 Å². The van der Waals surface area contributed by atoms with Gasteiger partial charge in [0, 0.05) is 30.1 Å². The van der Waals surface area contributed by atoms with Crippen LogP contribution in [0.2, 0.25) is 0 Å². The predicted molar refractivity (Wildman–Crippen MR) is 76.1 cm³/mol. The van der Waals surface area contributed by atoms with Crippen LogP contribution in [0.5, 0.6) is 5.75 Å². The lowest BCUT2D eigenvalue weighted by atomic mass is 9.92. The lowest BCUT2D eigenvalue weighted by molar-refractivity contribution is 0.467. The number of phenols is 1. The number of allylic oxidation sites excluding steroid dienone is 2. The van der Waals surface area contributed by atoms with Crippen LogP contribution in [0.15, 0.2) is 48.4 Å². The standard InChI is InChI=1S/C16H15N3O/c1-11(2)7-13(15-10-18-5-6-19-15)14-8-12(9-17)3-4-16(14)20/h3-8,10,13,20H,1-2H3. The maximum Gasteiger partial charge on any atom is 0.119 e. The molecule has 4 heteroatoms. The highest BCUT2D eigenvalue weighted by Crippen LogP contribution is 2.32. The second-order valence-corrected chi connectivity index (χ2v) is 4.74. The topological polar surface area (TPSA) is 69.8 Å². The Kier molecular flexibility index (Phi) is 4.11. The van der Waals surface area contributed by atoms with E-state index in [1.54, 1.807) is 30.7 Å². The normalized spacial score (nSPS) is 11.4. The molecule has 0 amide bonds. The molecule has 1 heterocycles. The van der Waals surface area contributed by atoms with Gasteiger partial charge in [0.15, 0.2) is 0 Å². The molecule has 0 fully saturated rings. The molecule has 20 heavy (non-hydrogen) atoms. The van der Waals surface area contributed by atoms with Gasteiger partial charge in [-0.25, -0.2) is 0 Å². The van der Waals surface area contributed by atoms with Gasteiger partial charge in [-0.3, -0.25) is 9.97 Å². The number of hydrogen-bond donors (Lipinski definition) is 1. The lowest BCUT2D eigenvalue weighted by Gasteiger charge is -2.15. The second-order valence-electron chi connectivity index (χ2n) is 4.74. The Hall–Kier alpha value is -2.67. The minimum absolute atomic E-state index is 0.150. The zero-order chi connectivity index (χ0) is 14.5. The molecule has 2 rings (SSSR count). The third-order valence-corrected chi connectivity index (χ3v) is 2.89. The van der Waals surface area contributed by atoms with Crippen LogP contribution in [0.25, 0.3) is 0 Å². The monoisotopic (exact) mass is 265 g/mol. The van der Waals surface area contributed by atoms with Crippen molar-refractivity contribution in [1.82, 2.24) is 9.97 Å². The van der Waals surface area contributed by atoms with Crippen molar-refractivity contribution in [3.05, 3.63) is 65.3 Å². The minimum Gasteiger partial charge on any atom is -0.508 e. The predicted octanol–water partition coefficient (Wildman–Crippen LogP) is 3.15. The van der Waals surface area contributed by atoms with E-state index in [0.717, 1.165) is 11.3 Å². The van der Waals surface area contributed by atoms with Crippen LogP contribution in [-0.2, 0) is 0 Å². The smallest absolute Gasteiger partial charge is 0.119 e. The molecule has 0 saturated heterocycles. The van der Waals surface area contributed by atoms with Crippen molar-refractivity contribution in [1.29, 1.82) is 5.26 Å². The van der Waals surface area contributed by atoms with E-state index in [4.69, 9.17) is 5.26 Å². The molecule has 0 aliphatic carbocycles. The highest BCUT2D eigenvalue weighted by molar-refractivity contribution is 5.47. The van der Waals surface area contributed by atoms with E-state index < -0.39 is 0 Å². The summed E-state index contributed by atoms with van der Waals surface area (Å²) in [5.74, 6) is -0.0702. The van der Waals surface area contributed by atoms with Gasteiger partial charge >= 0.3 is 0 Å². The number of benzene rings is 1. The largest absolute Gasteiger partial charge is 0.508 e. The Labute approximate surface area is 118 Å². The van der Waals surface area contributed by atoms with Gasteiger partial charge < -0.3 is 5.11 Å². The van der Waals surface area contributed by atoms with Gasteiger partial charge in [-0.1, -0.05) is 11.6 Å². The number of hydrogen-bond acceptors (Lipinski definition) is 4. The highest BCUT2D eigenvalue weighted by atomic mass is 16.3. The number of nitriles is 1. The second kappa shape index (κ2) is 5.98. The molecule has 0 aliphatic heterocycles. The van der Waals surface area contributed by atoms with Gasteiger partial charge in [0.2, 0.25) is 0 Å². The summed E-state index contributed by atoms with van der Waals surface area (Å²) in [6, 6.07) is 6.91. The number of nitrogens with zero attached hydrogens (tertiary/aromatic N) is 3.